The van der Waals surface area contributed by atoms with E-state index < -0.39 is 0 Å². The van der Waals surface area contributed by atoms with Crippen molar-refractivity contribution in [2.75, 3.05) is 7.05 Å². The third-order valence-corrected chi connectivity index (χ3v) is 2.29. The highest BCUT2D eigenvalue weighted by Gasteiger charge is 2.14. The Bertz CT molecular complexity index is 318. The van der Waals surface area contributed by atoms with Gasteiger partial charge >= 0.3 is 0 Å². The maximum Gasteiger partial charge on any atom is 0.254 e. The van der Waals surface area contributed by atoms with E-state index in [0.29, 0.717) is 5.56 Å². The van der Waals surface area contributed by atoms with E-state index in [1.54, 1.807) is 18.0 Å². The fraction of sp³-hybridized carbons (Fsp3) is 0.250. The van der Waals surface area contributed by atoms with Crippen molar-refractivity contribution in [1.29, 1.82) is 0 Å². The van der Waals surface area contributed by atoms with Crippen LogP contribution in [0, 0.1) is 0 Å². The molecule has 1 unspecified atom stereocenters. The van der Waals surface area contributed by atoms with E-state index >= 15 is 0 Å². The predicted octanol–water partition coefficient (Wildman–Crippen LogP) is 2.33. The van der Waals surface area contributed by atoms with Crippen molar-refractivity contribution in [3.8, 4) is 0 Å². The van der Waals surface area contributed by atoms with Crippen molar-refractivity contribution in [3.05, 3.63) is 48.6 Å². The lowest BCUT2D eigenvalue weighted by Gasteiger charge is -2.21. The molecule has 0 saturated heterocycles. The summed E-state index contributed by atoms with van der Waals surface area (Å²) < 4.78 is 0. The smallest absolute Gasteiger partial charge is 0.254 e. The first-order chi connectivity index (χ1) is 6.66. The molecule has 0 N–H and O–H groups in total. The van der Waals surface area contributed by atoms with E-state index in [1.165, 1.54) is 0 Å². The number of rotatable bonds is 3. The van der Waals surface area contributed by atoms with Crippen molar-refractivity contribution >= 4 is 5.91 Å². The number of nitrogens with zero attached hydrogens (tertiary/aromatic N) is 1. The van der Waals surface area contributed by atoms with Gasteiger partial charge in [0, 0.05) is 18.7 Å². The summed E-state index contributed by atoms with van der Waals surface area (Å²) in [4.78, 5) is 13.5. The average molecular weight is 189 g/mol. The van der Waals surface area contributed by atoms with Crippen LogP contribution in [0.15, 0.2) is 43.0 Å². The zero-order valence-electron chi connectivity index (χ0n) is 8.60. The summed E-state index contributed by atoms with van der Waals surface area (Å²) in [7, 11) is 1.78. The number of likely N-dealkylation sites (N-methyl/N-ethyl adjacent to an activating group) is 1. The quantitative estimate of drug-likeness (QED) is 0.668. The molecular weight excluding hydrogens is 174 g/mol. The van der Waals surface area contributed by atoms with Crippen molar-refractivity contribution in [2.45, 2.75) is 13.0 Å². The minimum absolute atomic E-state index is 0.0259. The summed E-state index contributed by atoms with van der Waals surface area (Å²) in [6.45, 7) is 5.60. The standard InChI is InChI=1S/C12H15NO/c1-4-10(2)13(3)12(14)11-8-6-5-7-9-11/h4-10H,1H2,2-3H3. The highest BCUT2D eigenvalue weighted by Crippen LogP contribution is 2.06. The highest BCUT2D eigenvalue weighted by atomic mass is 16.2. The summed E-state index contributed by atoms with van der Waals surface area (Å²) in [6, 6.07) is 9.30. The summed E-state index contributed by atoms with van der Waals surface area (Å²) >= 11 is 0. The number of hydrogen-bond acceptors (Lipinski definition) is 1. The van der Waals surface area contributed by atoms with Gasteiger partial charge in [0.2, 0.25) is 0 Å². The number of benzene rings is 1. The van der Waals surface area contributed by atoms with Crippen LogP contribution in [0.4, 0.5) is 0 Å². The Morgan fingerprint density at radius 3 is 2.50 bits per heavy atom. The number of carbonyl (C=O) groups excluding carboxylic acids is 1. The summed E-state index contributed by atoms with van der Waals surface area (Å²) in [5, 5.41) is 0. The van der Waals surface area contributed by atoms with E-state index in [-0.39, 0.29) is 11.9 Å². The van der Waals surface area contributed by atoms with Crippen LogP contribution in [-0.4, -0.2) is 23.9 Å². The molecule has 1 aromatic carbocycles. The SMILES string of the molecule is C=CC(C)N(C)C(=O)c1ccccc1. The van der Waals surface area contributed by atoms with Gasteiger partial charge in [0.15, 0.2) is 0 Å². The Morgan fingerprint density at radius 1 is 1.43 bits per heavy atom. The minimum atomic E-state index is 0.0259. The maximum absolute atomic E-state index is 11.8. The molecule has 0 bridgehead atoms. The average Bonchev–Trinajstić information content (AvgIpc) is 2.27. The second-order valence-electron chi connectivity index (χ2n) is 3.26. The molecule has 0 spiro atoms. The molecule has 0 fully saturated rings. The Balaban J connectivity index is 2.81. The Hall–Kier alpha value is -1.57. The number of carbonyl (C=O) groups is 1. The topological polar surface area (TPSA) is 20.3 Å². The maximum atomic E-state index is 11.8. The Kier molecular flexibility index (Phi) is 3.46. The molecule has 0 aromatic heterocycles. The molecule has 0 radical (unpaired) electrons. The van der Waals surface area contributed by atoms with Crippen LogP contribution in [-0.2, 0) is 0 Å². The van der Waals surface area contributed by atoms with Gasteiger partial charge in [-0.1, -0.05) is 24.3 Å². The second-order valence-corrected chi connectivity index (χ2v) is 3.26. The summed E-state index contributed by atoms with van der Waals surface area (Å²) in [6.07, 6.45) is 1.75. The van der Waals surface area contributed by atoms with E-state index in [2.05, 4.69) is 6.58 Å². The van der Waals surface area contributed by atoms with Gasteiger partial charge in [0.25, 0.3) is 5.91 Å². The summed E-state index contributed by atoms with van der Waals surface area (Å²) in [5.41, 5.74) is 0.712. The molecule has 14 heavy (non-hydrogen) atoms. The highest BCUT2D eigenvalue weighted by molar-refractivity contribution is 5.94. The molecule has 1 atom stereocenters. The molecule has 74 valence electrons. The van der Waals surface area contributed by atoms with E-state index in [9.17, 15) is 4.79 Å². The first kappa shape index (κ1) is 10.5. The van der Waals surface area contributed by atoms with E-state index in [1.807, 2.05) is 37.3 Å². The van der Waals surface area contributed by atoms with Gasteiger partial charge in [-0.05, 0) is 19.1 Å². The zero-order valence-corrected chi connectivity index (χ0v) is 8.60. The molecule has 1 amide bonds. The van der Waals surface area contributed by atoms with Gasteiger partial charge in [0.1, 0.15) is 0 Å². The van der Waals surface area contributed by atoms with Gasteiger partial charge < -0.3 is 4.90 Å². The van der Waals surface area contributed by atoms with Crippen molar-refractivity contribution < 1.29 is 4.79 Å². The van der Waals surface area contributed by atoms with Gasteiger partial charge in [-0.25, -0.2) is 0 Å². The third kappa shape index (κ3) is 2.22. The number of hydrogen-bond donors (Lipinski definition) is 0. The molecule has 1 aromatic rings. The molecule has 0 aliphatic rings. The van der Waals surface area contributed by atoms with Gasteiger partial charge in [0.05, 0.1) is 0 Å². The molecule has 1 rings (SSSR count). The van der Waals surface area contributed by atoms with Crippen LogP contribution in [0.1, 0.15) is 17.3 Å². The van der Waals surface area contributed by atoms with Gasteiger partial charge in [-0.3, -0.25) is 4.79 Å². The zero-order chi connectivity index (χ0) is 10.6. The van der Waals surface area contributed by atoms with Crippen molar-refractivity contribution in [3.63, 3.8) is 0 Å². The molecule has 0 heterocycles. The van der Waals surface area contributed by atoms with Crippen LogP contribution in [0.5, 0.6) is 0 Å². The third-order valence-electron chi connectivity index (χ3n) is 2.29. The first-order valence-corrected chi connectivity index (χ1v) is 4.61. The second kappa shape index (κ2) is 4.61. The molecule has 2 heteroatoms. The van der Waals surface area contributed by atoms with E-state index in [0.717, 1.165) is 0 Å². The molecule has 0 aliphatic carbocycles. The lowest BCUT2D eigenvalue weighted by atomic mass is 10.2. The van der Waals surface area contributed by atoms with Gasteiger partial charge in [-0.15, -0.1) is 6.58 Å². The largest absolute Gasteiger partial charge is 0.336 e. The van der Waals surface area contributed by atoms with E-state index in [4.69, 9.17) is 0 Å². The first-order valence-electron chi connectivity index (χ1n) is 4.61. The van der Waals surface area contributed by atoms with Crippen LogP contribution in [0.3, 0.4) is 0 Å². The minimum Gasteiger partial charge on any atom is -0.336 e. The molecule has 0 saturated carbocycles. The fourth-order valence-electron chi connectivity index (χ4n) is 1.13. The Labute approximate surface area is 84.9 Å². The van der Waals surface area contributed by atoms with Crippen molar-refractivity contribution in [2.24, 2.45) is 0 Å². The van der Waals surface area contributed by atoms with Crippen molar-refractivity contribution in [1.82, 2.24) is 4.90 Å². The normalized spacial score (nSPS) is 11.9. The monoisotopic (exact) mass is 189 g/mol. The lowest BCUT2D eigenvalue weighted by molar-refractivity contribution is 0.0770. The Morgan fingerprint density at radius 2 is 2.00 bits per heavy atom. The van der Waals surface area contributed by atoms with Crippen LogP contribution in [0.25, 0.3) is 0 Å². The van der Waals surface area contributed by atoms with Crippen LogP contribution >= 0.6 is 0 Å². The molecule has 2 nitrogen and oxygen atoms in total. The van der Waals surface area contributed by atoms with Crippen LogP contribution in [0.2, 0.25) is 0 Å². The van der Waals surface area contributed by atoms with Gasteiger partial charge in [-0.2, -0.15) is 0 Å². The van der Waals surface area contributed by atoms with Crippen LogP contribution < -0.4 is 0 Å². The molecule has 0 aliphatic heterocycles. The fourth-order valence-corrected chi connectivity index (χ4v) is 1.13. The predicted molar refractivity (Wildman–Crippen MR) is 58.2 cm³/mol. The summed E-state index contributed by atoms with van der Waals surface area (Å²) in [5.74, 6) is 0.0259. The number of amides is 1. The molecular formula is C12H15NO. The lowest BCUT2D eigenvalue weighted by Crippen LogP contribution is -2.33.